The highest BCUT2D eigenvalue weighted by atomic mass is 79.9. The molecule has 0 bridgehead atoms. The zero-order valence-corrected chi connectivity index (χ0v) is 12.8. The highest BCUT2D eigenvalue weighted by Gasteiger charge is 2.21. The highest BCUT2D eigenvalue weighted by molar-refractivity contribution is 9.10. The van der Waals surface area contributed by atoms with Gasteiger partial charge < -0.3 is 5.11 Å². The van der Waals surface area contributed by atoms with Crippen molar-refractivity contribution in [3.63, 3.8) is 0 Å². The van der Waals surface area contributed by atoms with Gasteiger partial charge in [0, 0.05) is 10.2 Å². The fourth-order valence-corrected chi connectivity index (χ4v) is 3.00. The normalized spacial score (nSPS) is 11.1. The van der Waals surface area contributed by atoms with Crippen LogP contribution in [0.15, 0.2) is 51.8 Å². The lowest BCUT2D eigenvalue weighted by Gasteiger charge is -2.09. The molecule has 0 aliphatic heterocycles. The van der Waals surface area contributed by atoms with Crippen molar-refractivity contribution in [2.24, 2.45) is 0 Å². The molecule has 0 heterocycles. The van der Waals surface area contributed by atoms with E-state index < -0.39 is 26.7 Å². The first-order valence-corrected chi connectivity index (χ1v) is 7.88. The molecule has 110 valence electrons. The van der Waals surface area contributed by atoms with E-state index in [1.807, 2.05) is 0 Å². The van der Waals surface area contributed by atoms with Crippen molar-refractivity contribution in [3.8, 4) is 0 Å². The molecule has 21 heavy (non-hydrogen) atoms. The van der Waals surface area contributed by atoms with Crippen LogP contribution < -0.4 is 4.72 Å². The molecule has 2 aromatic carbocycles. The minimum absolute atomic E-state index is 0.235. The number of halogens is 2. The summed E-state index contributed by atoms with van der Waals surface area (Å²) >= 11 is 3.20. The van der Waals surface area contributed by atoms with Crippen LogP contribution >= 0.6 is 15.9 Å². The fraction of sp³-hybridized carbons (Fsp3) is 0. The van der Waals surface area contributed by atoms with Gasteiger partial charge in [-0.25, -0.2) is 17.6 Å². The minimum atomic E-state index is -4.22. The van der Waals surface area contributed by atoms with E-state index in [2.05, 4.69) is 20.7 Å². The first-order valence-electron chi connectivity index (χ1n) is 5.61. The average Bonchev–Trinajstić information content (AvgIpc) is 2.41. The molecule has 0 spiro atoms. The predicted octanol–water partition coefficient (Wildman–Crippen LogP) is 3.09. The SMILES string of the molecule is O=C(O)c1ccc(F)c(S(=O)(=O)Nc2ccc(Br)cc2)c1. The van der Waals surface area contributed by atoms with Crippen LogP contribution in [-0.4, -0.2) is 19.5 Å². The van der Waals surface area contributed by atoms with Crippen LogP contribution in [0.1, 0.15) is 10.4 Å². The zero-order valence-electron chi connectivity index (χ0n) is 10.4. The topological polar surface area (TPSA) is 83.5 Å². The quantitative estimate of drug-likeness (QED) is 0.862. The Labute approximate surface area is 128 Å². The number of carboxylic acids is 1. The maximum Gasteiger partial charge on any atom is 0.335 e. The third-order valence-electron chi connectivity index (χ3n) is 2.56. The molecule has 0 saturated heterocycles. The Morgan fingerprint density at radius 3 is 2.33 bits per heavy atom. The van der Waals surface area contributed by atoms with E-state index >= 15 is 0 Å². The highest BCUT2D eigenvalue weighted by Crippen LogP contribution is 2.21. The summed E-state index contributed by atoms with van der Waals surface area (Å²) in [6.45, 7) is 0. The molecule has 0 saturated carbocycles. The number of hydrogen-bond acceptors (Lipinski definition) is 3. The maximum absolute atomic E-state index is 13.7. The molecule has 0 aliphatic rings. The van der Waals surface area contributed by atoms with Crippen molar-refractivity contribution in [3.05, 3.63) is 58.3 Å². The molecule has 0 fully saturated rings. The molecule has 0 radical (unpaired) electrons. The van der Waals surface area contributed by atoms with Crippen LogP contribution in [-0.2, 0) is 10.0 Å². The monoisotopic (exact) mass is 373 g/mol. The number of rotatable bonds is 4. The van der Waals surface area contributed by atoms with Crippen molar-refractivity contribution in [1.29, 1.82) is 0 Å². The molecule has 8 heteroatoms. The van der Waals surface area contributed by atoms with Crippen LogP contribution in [0.4, 0.5) is 10.1 Å². The molecule has 2 rings (SSSR count). The molecule has 5 nitrogen and oxygen atoms in total. The van der Waals surface area contributed by atoms with E-state index in [1.54, 1.807) is 12.1 Å². The number of nitrogens with one attached hydrogen (secondary N) is 1. The summed E-state index contributed by atoms with van der Waals surface area (Å²) < 4.78 is 40.9. The molecule has 0 aromatic heterocycles. The van der Waals surface area contributed by atoms with Gasteiger partial charge in [-0.05, 0) is 42.5 Å². The first-order chi connectivity index (χ1) is 9.79. The second-order valence-corrected chi connectivity index (χ2v) is 6.63. The smallest absolute Gasteiger partial charge is 0.335 e. The zero-order chi connectivity index (χ0) is 15.6. The molecule has 0 amide bonds. The van der Waals surface area contributed by atoms with Gasteiger partial charge in [-0.1, -0.05) is 15.9 Å². The Bertz CT molecular complexity index is 790. The molecule has 0 aliphatic carbocycles. The molecule has 0 unspecified atom stereocenters. The molecule has 2 N–H and O–H groups in total. The lowest BCUT2D eigenvalue weighted by atomic mass is 10.2. The summed E-state index contributed by atoms with van der Waals surface area (Å²) in [6.07, 6.45) is 0. The lowest BCUT2D eigenvalue weighted by molar-refractivity contribution is 0.0696. The van der Waals surface area contributed by atoms with Gasteiger partial charge in [0.1, 0.15) is 10.7 Å². The summed E-state index contributed by atoms with van der Waals surface area (Å²) in [5.41, 5.74) is -0.0779. The number of anilines is 1. The van der Waals surface area contributed by atoms with Gasteiger partial charge in [0.15, 0.2) is 0 Å². The van der Waals surface area contributed by atoms with Crippen LogP contribution in [0.2, 0.25) is 0 Å². The third kappa shape index (κ3) is 3.59. The number of benzene rings is 2. The van der Waals surface area contributed by atoms with E-state index in [1.165, 1.54) is 12.1 Å². The predicted molar refractivity (Wildman–Crippen MR) is 78.3 cm³/mol. The van der Waals surface area contributed by atoms with Gasteiger partial charge in [-0.2, -0.15) is 0 Å². The van der Waals surface area contributed by atoms with Crippen LogP contribution in [0.5, 0.6) is 0 Å². The van der Waals surface area contributed by atoms with E-state index in [-0.39, 0.29) is 11.3 Å². The van der Waals surface area contributed by atoms with Crippen molar-refractivity contribution < 1.29 is 22.7 Å². The van der Waals surface area contributed by atoms with Gasteiger partial charge in [0.25, 0.3) is 10.0 Å². The number of hydrogen-bond donors (Lipinski definition) is 2. The largest absolute Gasteiger partial charge is 0.478 e. The number of aromatic carboxylic acids is 1. The van der Waals surface area contributed by atoms with E-state index in [4.69, 9.17) is 5.11 Å². The molecule has 2 aromatic rings. The van der Waals surface area contributed by atoms with E-state index in [0.717, 1.165) is 22.7 Å². The van der Waals surface area contributed by atoms with Crippen LogP contribution in [0, 0.1) is 5.82 Å². The van der Waals surface area contributed by atoms with Gasteiger partial charge in [-0.3, -0.25) is 4.72 Å². The molecular weight excluding hydrogens is 365 g/mol. The van der Waals surface area contributed by atoms with Crippen molar-refractivity contribution >= 4 is 37.6 Å². The summed E-state index contributed by atoms with van der Waals surface area (Å²) in [5, 5.41) is 8.84. The van der Waals surface area contributed by atoms with Crippen LogP contribution in [0.25, 0.3) is 0 Å². The maximum atomic E-state index is 13.7. The minimum Gasteiger partial charge on any atom is -0.478 e. The summed E-state index contributed by atoms with van der Waals surface area (Å²) in [4.78, 5) is 10.1. The van der Waals surface area contributed by atoms with Crippen molar-refractivity contribution in [2.75, 3.05) is 4.72 Å². The summed E-state index contributed by atoms with van der Waals surface area (Å²) in [5.74, 6) is -2.36. The fourth-order valence-electron chi connectivity index (χ4n) is 1.57. The molecular formula is C13H9BrFNO4S. The number of carboxylic acid groups (broad SMARTS) is 1. The molecule has 0 atom stereocenters. The number of carbonyl (C=O) groups is 1. The Balaban J connectivity index is 2.41. The second-order valence-electron chi connectivity index (χ2n) is 4.06. The van der Waals surface area contributed by atoms with Gasteiger partial charge >= 0.3 is 5.97 Å². The average molecular weight is 374 g/mol. The summed E-state index contributed by atoms with van der Waals surface area (Å²) in [6, 6.07) is 8.78. The second kappa shape index (κ2) is 5.82. The van der Waals surface area contributed by atoms with Crippen molar-refractivity contribution in [2.45, 2.75) is 4.90 Å². The first kappa shape index (κ1) is 15.5. The Morgan fingerprint density at radius 1 is 1.14 bits per heavy atom. The lowest BCUT2D eigenvalue weighted by Crippen LogP contribution is -2.15. The number of sulfonamides is 1. The van der Waals surface area contributed by atoms with E-state index in [0.29, 0.717) is 0 Å². The van der Waals surface area contributed by atoms with Crippen molar-refractivity contribution in [1.82, 2.24) is 0 Å². The van der Waals surface area contributed by atoms with Gasteiger partial charge in [0.05, 0.1) is 5.56 Å². The van der Waals surface area contributed by atoms with Crippen LogP contribution in [0.3, 0.4) is 0 Å². The summed E-state index contributed by atoms with van der Waals surface area (Å²) in [7, 11) is -4.22. The third-order valence-corrected chi connectivity index (χ3v) is 4.49. The van der Waals surface area contributed by atoms with Gasteiger partial charge in [-0.15, -0.1) is 0 Å². The Morgan fingerprint density at radius 2 is 1.76 bits per heavy atom. The Kier molecular flexibility index (Phi) is 4.29. The van der Waals surface area contributed by atoms with Gasteiger partial charge in [0.2, 0.25) is 0 Å². The van der Waals surface area contributed by atoms with E-state index in [9.17, 15) is 17.6 Å². The Hall–Kier alpha value is -1.93. The standard InChI is InChI=1S/C13H9BrFNO4S/c14-9-2-4-10(5-3-9)16-21(19,20)12-7-8(13(17)18)1-6-11(12)15/h1-7,16H,(H,17,18).